The van der Waals surface area contributed by atoms with Crippen molar-refractivity contribution >= 4 is 0 Å². The Kier molecular flexibility index (Phi) is 3.60. The molecule has 4 heteroatoms. The molecule has 3 rings (SSSR count). The van der Waals surface area contributed by atoms with Gasteiger partial charge in [0.05, 0.1) is 0 Å². The second-order valence-corrected chi connectivity index (χ2v) is 5.33. The monoisotopic (exact) mass is 257 g/mol. The van der Waals surface area contributed by atoms with E-state index >= 15 is 0 Å². The largest absolute Gasteiger partial charge is 0.339 e. The molecular weight excluding hydrogens is 238 g/mol. The van der Waals surface area contributed by atoms with Gasteiger partial charge in [0.15, 0.2) is 5.82 Å². The van der Waals surface area contributed by atoms with Gasteiger partial charge in [-0.3, -0.25) is 0 Å². The number of aromatic nitrogens is 2. The fraction of sp³-hybridized carbons (Fsp3) is 0.467. The predicted molar refractivity (Wildman–Crippen MR) is 73.0 cm³/mol. The van der Waals surface area contributed by atoms with Gasteiger partial charge < -0.3 is 9.84 Å². The number of hydrogen-bond acceptors (Lipinski definition) is 4. The lowest BCUT2D eigenvalue weighted by Gasteiger charge is -2.01. The quantitative estimate of drug-likeness (QED) is 0.911. The Bertz CT molecular complexity index is 544. The van der Waals surface area contributed by atoms with Gasteiger partial charge in [-0.2, -0.15) is 4.98 Å². The molecule has 1 N–H and O–H groups in total. The van der Waals surface area contributed by atoms with Crippen molar-refractivity contribution < 1.29 is 4.52 Å². The molecule has 1 atom stereocenters. The summed E-state index contributed by atoms with van der Waals surface area (Å²) in [6.07, 6.45) is 2.84. The molecule has 1 aromatic heterocycles. The van der Waals surface area contributed by atoms with Crippen molar-refractivity contribution in [2.75, 3.05) is 13.1 Å². The topological polar surface area (TPSA) is 51.0 Å². The van der Waals surface area contributed by atoms with E-state index in [0.717, 1.165) is 37.6 Å². The first-order valence-corrected chi connectivity index (χ1v) is 6.87. The zero-order valence-corrected chi connectivity index (χ0v) is 11.2. The van der Waals surface area contributed by atoms with Crippen molar-refractivity contribution in [2.45, 2.75) is 26.2 Å². The van der Waals surface area contributed by atoms with Crippen LogP contribution in [0.1, 0.15) is 29.3 Å². The minimum Gasteiger partial charge on any atom is -0.339 e. The molecule has 1 saturated heterocycles. The van der Waals surface area contributed by atoms with Crippen molar-refractivity contribution in [3.05, 3.63) is 47.1 Å². The Morgan fingerprint density at radius 2 is 2.37 bits per heavy atom. The number of aryl methyl sites for hydroxylation is 1. The van der Waals surface area contributed by atoms with E-state index in [2.05, 4.69) is 46.6 Å². The molecule has 1 aliphatic rings. The van der Waals surface area contributed by atoms with Crippen LogP contribution in [0.2, 0.25) is 0 Å². The summed E-state index contributed by atoms with van der Waals surface area (Å²) in [7, 11) is 0. The molecular formula is C15H19N3O. The lowest BCUT2D eigenvalue weighted by atomic mass is 10.1. The van der Waals surface area contributed by atoms with E-state index in [1.165, 1.54) is 17.5 Å². The van der Waals surface area contributed by atoms with E-state index in [9.17, 15) is 0 Å². The van der Waals surface area contributed by atoms with Crippen molar-refractivity contribution in [1.29, 1.82) is 0 Å². The second kappa shape index (κ2) is 5.53. The third kappa shape index (κ3) is 3.20. The van der Waals surface area contributed by atoms with Gasteiger partial charge in [0.25, 0.3) is 0 Å². The summed E-state index contributed by atoms with van der Waals surface area (Å²) in [6, 6.07) is 8.43. The van der Waals surface area contributed by atoms with Crippen molar-refractivity contribution in [2.24, 2.45) is 5.92 Å². The molecule has 0 spiro atoms. The first kappa shape index (κ1) is 12.4. The zero-order valence-electron chi connectivity index (χ0n) is 11.2. The summed E-state index contributed by atoms with van der Waals surface area (Å²) in [5.41, 5.74) is 2.49. The number of benzene rings is 1. The fourth-order valence-electron chi connectivity index (χ4n) is 2.59. The maximum atomic E-state index is 5.34. The molecule has 1 unspecified atom stereocenters. The van der Waals surface area contributed by atoms with Crippen LogP contribution >= 0.6 is 0 Å². The lowest BCUT2D eigenvalue weighted by Crippen LogP contribution is -2.10. The molecule has 4 nitrogen and oxygen atoms in total. The normalized spacial score (nSPS) is 18.9. The van der Waals surface area contributed by atoms with Gasteiger partial charge in [-0.05, 0) is 37.9 Å². The van der Waals surface area contributed by atoms with Gasteiger partial charge in [-0.15, -0.1) is 0 Å². The van der Waals surface area contributed by atoms with Crippen LogP contribution < -0.4 is 5.32 Å². The fourth-order valence-corrected chi connectivity index (χ4v) is 2.59. The second-order valence-electron chi connectivity index (χ2n) is 5.33. The van der Waals surface area contributed by atoms with Crippen LogP contribution in [-0.2, 0) is 12.8 Å². The van der Waals surface area contributed by atoms with E-state index in [1.807, 2.05) is 0 Å². The summed E-state index contributed by atoms with van der Waals surface area (Å²) in [6.45, 7) is 4.27. The first-order chi connectivity index (χ1) is 9.29. The van der Waals surface area contributed by atoms with Crippen LogP contribution in [-0.4, -0.2) is 23.2 Å². The standard InChI is InChI=1S/C15H19N3O/c1-11-3-2-4-12(7-11)8-14-17-15(19-18-14)9-13-5-6-16-10-13/h2-4,7,13,16H,5-6,8-10H2,1H3. The smallest absolute Gasteiger partial charge is 0.226 e. The molecule has 0 aliphatic carbocycles. The van der Waals surface area contributed by atoms with Gasteiger partial charge in [-0.1, -0.05) is 35.0 Å². The molecule has 100 valence electrons. The van der Waals surface area contributed by atoms with Crippen LogP contribution in [0, 0.1) is 12.8 Å². The Morgan fingerprint density at radius 1 is 1.42 bits per heavy atom. The Morgan fingerprint density at radius 3 is 3.16 bits per heavy atom. The first-order valence-electron chi connectivity index (χ1n) is 6.87. The van der Waals surface area contributed by atoms with Gasteiger partial charge in [0.1, 0.15) is 0 Å². The zero-order chi connectivity index (χ0) is 13.1. The highest BCUT2D eigenvalue weighted by Crippen LogP contribution is 2.15. The van der Waals surface area contributed by atoms with Crippen molar-refractivity contribution in [1.82, 2.24) is 15.5 Å². The van der Waals surface area contributed by atoms with Crippen molar-refractivity contribution in [3.8, 4) is 0 Å². The van der Waals surface area contributed by atoms with E-state index in [1.54, 1.807) is 0 Å². The van der Waals surface area contributed by atoms with Crippen molar-refractivity contribution in [3.63, 3.8) is 0 Å². The number of nitrogens with one attached hydrogen (secondary N) is 1. The number of rotatable bonds is 4. The highest BCUT2D eigenvalue weighted by atomic mass is 16.5. The Balaban J connectivity index is 1.64. The van der Waals surface area contributed by atoms with Crippen LogP contribution in [0.3, 0.4) is 0 Å². The van der Waals surface area contributed by atoms with Crippen LogP contribution in [0.4, 0.5) is 0 Å². The van der Waals surface area contributed by atoms with E-state index in [0.29, 0.717) is 5.92 Å². The molecule has 19 heavy (non-hydrogen) atoms. The highest BCUT2D eigenvalue weighted by molar-refractivity contribution is 5.24. The van der Waals surface area contributed by atoms with E-state index < -0.39 is 0 Å². The molecule has 1 aromatic carbocycles. The minimum absolute atomic E-state index is 0.646. The lowest BCUT2D eigenvalue weighted by molar-refractivity contribution is 0.354. The Hall–Kier alpha value is -1.68. The maximum Gasteiger partial charge on any atom is 0.226 e. The van der Waals surface area contributed by atoms with Gasteiger partial charge >= 0.3 is 0 Å². The third-order valence-electron chi connectivity index (χ3n) is 3.58. The third-order valence-corrected chi connectivity index (χ3v) is 3.58. The van der Waals surface area contributed by atoms with Gasteiger partial charge in [0, 0.05) is 12.8 Å². The van der Waals surface area contributed by atoms with Crippen LogP contribution in [0.15, 0.2) is 28.8 Å². The molecule has 1 fully saturated rings. The molecule has 0 saturated carbocycles. The SMILES string of the molecule is Cc1cccc(Cc2noc(CC3CCNC3)n2)c1. The highest BCUT2D eigenvalue weighted by Gasteiger charge is 2.18. The predicted octanol–water partition coefficient (Wildman–Crippen LogP) is 2.12. The van der Waals surface area contributed by atoms with Gasteiger partial charge in [-0.25, -0.2) is 0 Å². The van der Waals surface area contributed by atoms with E-state index in [-0.39, 0.29) is 0 Å². The summed E-state index contributed by atoms with van der Waals surface area (Å²) in [5, 5.41) is 7.43. The summed E-state index contributed by atoms with van der Waals surface area (Å²) >= 11 is 0. The number of hydrogen-bond donors (Lipinski definition) is 1. The average molecular weight is 257 g/mol. The molecule has 2 aromatic rings. The number of nitrogens with zero attached hydrogens (tertiary/aromatic N) is 2. The molecule has 0 bridgehead atoms. The minimum atomic E-state index is 0.646. The maximum absolute atomic E-state index is 5.34. The molecule has 2 heterocycles. The molecule has 1 aliphatic heterocycles. The summed E-state index contributed by atoms with van der Waals surface area (Å²) in [4.78, 5) is 4.49. The molecule has 0 amide bonds. The Labute approximate surface area is 113 Å². The molecule has 0 radical (unpaired) electrons. The van der Waals surface area contributed by atoms with Crippen LogP contribution in [0.5, 0.6) is 0 Å². The van der Waals surface area contributed by atoms with Gasteiger partial charge in [0.2, 0.25) is 5.89 Å². The van der Waals surface area contributed by atoms with E-state index in [4.69, 9.17) is 4.52 Å². The average Bonchev–Trinajstić information content (AvgIpc) is 3.02. The summed E-state index contributed by atoms with van der Waals surface area (Å²) in [5.74, 6) is 2.20. The summed E-state index contributed by atoms with van der Waals surface area (Å²) < 4.78 is 5.34. The van der Waals surface area contributed by atoms with Crippen LogP contribution in [0.25, 0.3) is 0 Å².